The highest BCUT2D eigenvalue weighted by molar-refractivity contribution is 5.86. The molecule has 0 radical (unpaired) electrons. The lowest BCUT2D eigenvalue weighted by molar-refractivity contribution is 0.323. The first-order valence-electron chi connectivity index (χ1n) is 7.76. The third-order valence-electron chi connectivity index (χ3n) is 3.91. The monoisotopic (exact) mass is 286 g/mol. The molecule has 0 spiro atoms. The highest BCUT2D eigenvalue weighted by Gasteiger charge is 2.11. The Balaban J connectivity index is 2.23. The van der Waals surface area contributed by atoms with Crippen molar-refractivity contribution in [3.05, 3.63) is 42.1 Å². The third-order valence-corrected chi connectivity index (χ3v) is 3.91. The van der Waals surface area contributed by atoms with Gasteiger partial charge in [0.25, 0.3) is 0 Å². The number of rotatable bonds is 8. The van der Waals surface area contributed by atoms with Gasteiger partial charge >= 0.3 is 0 Å². The normalized spacial score (nSPS) is 11.2. The summed E-state index contributed by atoms with van der Waals surface area (Å²) in [7, 11) is 0. The van der Waals surface area contributed by atoms with E-state index in [1.54, 1.807) is 0 Å². The van der Waals surface area contributed by atoms with Crippen LogP contribution in [0.1, 0.15) is 25.1 Å². The predicted octanol–water partition coefficient (Wildman–Crippen LogP) is 3.93. The molecule has 0 amide bonds. The van der Waals surface area contributed by atoms with E-state index in [1.807, 2.05) is 19.1 Å². The van der Waals surface area contributed by atoms with Gasteiger partial charge in [-0.05, 0) is 50.6 Å². The van der Waals surface area contributed by atoms with E-state index in [9.17, 15) is 0 Å². The summed E-state index contributed by atoms with van der Waals surface area (Å²) in [5.74, 6) is 0.948. The molecular formula is C18H26N2O. The van der Waals surface area contributed by atoms with E-state index in [-0.39, 0.29) is 0 Å². The van der Waals surface area contributed by atoms with Crippen molar-refractivity contribution >= 4 is 10.9 Å². The zero-order valence-corrected chi connectivity index (χ0v) is 13.4. The molecule has 0 saturated carbocycles. The molecule has 3 nitrogen and oxygen atoms in total. The molecule has 3 heteroatoms. The van der Waals surface area contributed by atoms with Gasteiger partial charge in [-0.3, -0.25) is 4.90 Å². The third kappa shape index (κ3) is 3.67. The van der Waals surface area contributed by atoms with E-state index in [4.69, 9.17) is 4.74 Å². The summed E-state index contributed by atoms with van der Waals surface area (Å²) in [4.78, 5) is 5.88. The molecule has 1 N–H and O–H groups in total. The number of aromatic nitrogens is 1. The predicted molar refractivity (Wildman–Crippen MR) is 90.2 cm³/mol. The van der Waals surface area contributed by atoms with Crippen LogP contribution >= 0.6 is 0 Å². The van der Waals surface area contributed by atoms with Crippen molar-refractivity contribution in [2.75, 3.05) is 26.2 Å². The fourth-order valence-electron chi connectivity index (χ4n) is 2.77. The summed E-state index contributed by atoms with van der Waals surface area (Å²) in [6, 6.07) is 6.29. The maximum atomic E-state index is 5.63. The Morgan fingerprint density at radius 3 is 2.81 bits per heavy atom. The molecule has 1 heterocycles. The number of ether oxygens (including phenoxy) is 1. The smallest absolute Gasteiger partial charge is 0.120 e. The Kier molecular flexibility index (Phi) is 5.45. The number of nitrogens with zero attached hydrogens (tertiary/aromatic N) is 1. The molecule has 0 fully saturated rings. The maximum Gasteiger partial charge on any atom is 0.120 e. The van der Waals surface area contributed by atoms with Crippen LogP contribution in [0.5, 0.6) is 5.75 Å². The number of benzene rings is 1. The molecule has 0 saturated heterocycles. The van der Waals surface area contributed by atoms with Gasteiger partial charge in [-0.1, -0.05) is 13.0 Å². The highest BCUT2D eigenvalue weighted by Crippen LogP contribution is 2.27. The molecule has 114 valence electrons. The Bertz CT molecular complexity index is 601. The van der Waals surface area contributed by atoms with Crippen molar-refractivity contribution in [3.8, 4) is 5.75 Å². The average Bonchev–Trinajstić information content (AvgIpc) is 2.79. The van der Waals surface area contributed by atoms with Crippen molar-refractivity contribution in [2.45, 2.75) is 27.2 Å². The lowest BCUT2D eigenvalue weighted by Crippen LogP contribution is -2.25. The van der Waals surface area contributed by atoms with Crippen LogP contribution in [0, 0.1) is 6.92 Å². The minimum Gasteiger partial charge on any atom is -0.494 e. The van der Waals surface area contributed by atoms with E-state index in [0.717, 1.165) is 31.8 Å². The Labute approximate surface area is 127 Å². The molecule has 0 atom stereocenters. The van der Waals surface area contributed by atoms with Crippen LogP contribution in [0.25, 0.3) is 10.9 Å². The number of aromatic amines is 1. The molecular weight excluding hydrogens is 260 g/mol. The SMILES string of the molecule is C=CCN(CC)CCc1c(C)[nH]c2ccc(OCC)cc12. The Morgan fingerprint density at radius 2 is 2.14 bits per heavy atom. The van der Waals surface area contributed by atoms with E-state index < -0.39 is 0 Å². The number of H-pyrrole nitrogens is 1. The first-order chi connectivity index (χ1) is 10.2. The standard InChI is InChI=1S/C18H26N2O/c1-5-11-20(6-2)12-10-16-14(4)19-18-9-8-15(21-7-3)13-17(16)18/h5,8-9,13,19H,1,6-7,10-12H2,2-4H3. The van der Waals surface area contributed by atoms with E-state index in [0.29, 0.717) is 6.61 Å². The van der Waals surface area contributed by atoms with Gasteiger partial charge in [0.05, 0.1) is 6.61 Å². The molecule has 21 heavy (non-hydrogen) atoms. The number of fused-ring (bicyclic) bond motifs is 1. The first-order valence-corrected chi connectivity index (χ1v) is 7.76. The quantitative estimate of drug-likeness (QED) is 0.745. The van der Waals surface area contributed by atoms with Gasteiger partial charge in [0, 0.05) is 29.7 Å². The summed E-state index contributed by atoms with van der Waals surface area (Å²) < 4.78 is 5.63. The summed E-state index contributed by atoms with van der Waals surface area (Å²) in [5.41, 5.74) is 3.85. The Hall–Kier alpha value is -1.74. The number of hydrogen-bond acceptors (Lipinski definition) is 2. The number of hydrogen-bond donors (Lipinski definition) is 1. The number of aryl methyl sites for hydroxylation is 1. The van der Waals surface area contributed by atoms with Gasteiger partial charge in [0.15, 0.2) is 0 Å². The molecule has 0 aliphatic carbocycles. The van der Waals surface area contributed by atoms with Crippen LogP contribution in [0.3, 0.4) is 0 Å². The van der Waals surface area contributed by atoms with Gasteiger partial charge in [0.2, 0.25) is 0 Å². The fourth-order valence-corrected chi connectivity index (χ4v) is 2.77. The number of nitrogens with one attached hydrogen (secondary N) is 1. The summed E-state index contributed by atoms with van der Waals surface area (Å²) >= 11 is 0. The van der Waals surface area contributed by atoms with Crippen LogP contribution in [-0.4, -0.2) is 36.1 Å². The molecule has 0 aliphatic rings. The molecule has 0 bridgehead atoms. The van der Waals surface area contributed by atoms with Crippen LogP contribution in [-0.2, 0) is 6.42 Å². The van der Waals surface area contributed by atoms with Crippen molar-refractivity contribution < 1.29 is 4.74 Å². The summed E-state index contributed by atoms with van der Waals surface area (Å²) in [6.45, 7) is 13.9. The second-order valence-corrected chi connectivity index (χ2v) is 5.30. The Morgan fingerprint density at radius 1 is 1.33 bits per heavy atom. The molecule has 2 rings (SSSR count). The van der Waals surface area contributed by atoms with E-state index >= 15 is 0 Å². The summed E-state index contributed by atoms with van der Waals surface area (Å²) in [6.07, 6.45) is 3.02. The second kappa shape index (κ2) is 7.32. The van der Waals surface area contributed by atoms with Gasteiger partial charge in [-0.15, -0.1) is 6.58 Å². The van der Waals surface area contributed by atoms with Crippen molar-refractivity contribution in [1.29, 1.82) is 0 Å². The van der Waals surface area contributed by atoms with E-state index in [1.165, 1.54) is 22.2 Å². The summed E-state index contributed by atoms with van der Waals surface area (Å²) in [5, 5.41) is 1.29. The minimum absolute atomic E-state index is 0.702. The molecule has 2 aromatic rings. The van der Waals surface area contributed by atoms with Gasteiger partial charge in [-0.2, -0.15) is 0 Å². The van der Waals surface area contributed by atoms with Gasteiger partial charge < -0.3 is 9.72 Å². The van der Waals surface area contributed by atoms with Crippen molar-refractivity contribution in [2.24, 2.45) is 0 Å². The molecule has 1 aromatic heterocycles. The van der Waals surface area contributed by atoms with Crippen molar-refractivity contribution in [3.63, 3.8) is 0 Å². The topological polar surface area (TPSA) is 28.3 Å². The highest BCUT2D eigenvalue weighted by atomic mass is 16.5. The maximum absolute atomic E-state index is 5.63. The van der Waals surface area contributed by atoms with Crippen LogP contribution in [0.2, 0.25) is 0 Å². The largest absolute Gasteiger partial charge is 0.494 e. The van der Waals surface area contributed by atoms with Crippen LogP contribution in [0.4, 0.5) is 0 Å². The fraction of sp³-hybridized carbons (Fsp3) is 0.444. The number of likely N-dealkylation sites (N-methyl/N-ethyl adjacent to an activating group) is 1. The lowest BCUT2D eigenvalue weighted by Gasteiger charge is -2.18. The van der Waals surface area contributed by atoms with E-state index in [2.05, 4.69) is 42.4 Å². The van der Waals surface area contributed by atoms with Crippen LogP contribution in [0.15, 0.2) is 30.9 Å². The zero-order chi connectivity index (χ0) is 15.2. The van der Waals surface area contributed by atoms with Crippen molar-refractivity contribution in [1.82, 2.24) is 9.88 Å². The average molecular weight is 286 g/mol. The van der Waals surface area contributed by atoms with Gasteiger partial charge in [0.1, 0.15) is 5.75 Å². The minimum atomic E-state index is 0.702. The van der Waals surface area contributed by atoms with Gasteiger partial charge in [-0.25, -0.2) is 0 Å². The second-order valence-electron chi connectivity index (χ2n) is 5.30. The molecule has 0 unspecified atom stereocenters. The first kappa shape index (κ1) is 15.6. The van der Waals surface area contributed by atoms with Crippen LogP contribution < -0.4 is 4.74 Å². The lowest BCUT2D eigenvalue weighted by atomic mass is 10.1. The zero-order valence-electron chi connectivity index (χ0n) is 13.4. The molecule has 1 aromatic carbocycles. The molecule has 0 aliphatic heterocycles.